The molecular formula is C12H17N5. The second-order valence-corrected chi connectivity index (χ2v) is 4.54. The van der Waals surface area contributed by atoms with Crippen LogP contribution in [0.2, 0.25) is 0 Å². The molecule has 0 saturated heterocycles. The molecule has 0 radical (unpaired) electrons. The molecule has 1 aromatic rings. The summed E-state index contributed by atoms with van der Waals surface area (Å²) in [5.41, 5.74) is 12.1. The Morgan fingerprint density at radius 2 is 2.24 bits per heavy atom. The van der Waals surface area contributed by atoms with E-state index in [0.29, 0.717) is 0 Å². The van der Waals surface area contributed by atoms with E-state index in [1.807, 2.05) is 13.8 Å². The lowest BCUT2D eigenvalue weighted by Gasteiger charge is -2.17. The Balaban J connectivity index is 2.00. The van der Waals surface area contributed by atoms with Gasteiger partial charge in [0.25, 0.3) is 0 Å². The van der Waals surface area contributed by atoms with Gasteiger partial charge in [-0.1, -0.05) is 12.1 Å². The summed E-state index contributed by atoms with van der Waals surface area (Å²) in [6.45, 7) is 4.95. The zero-order chi connectivity index (χ0) is 12.0. The molecule has 5 nitrogen and oxygen atoms in total. The van der Waals surface area contributed by atoms with E-state index in [4.69, 9.17) is 5.84 Å². The second-order valence-electron chi connectivity index (χ2n) is 4.54. The number of allylic oxidation sites excluding steroid dienone is 1. The Morgan fingerprint density at radius 3 is 2.94 bits per heavy atom. The Hall–Kier alpha value is -1.72. The van der Waals surface area contributed by atoms with Crippen LogP contribution in [0.15, 0.2) is 23.9 Å². The van der Waals surface area contributed by atoms with Gasteiger partial charge in [0, 0.05) is 12.1 Å². The van der Waals surface area contributed by atoms with Crippen molar-refractivity contribution in [1.82, 2.24) is 15.8 Å². The highest BCUT2D eigenvalue weighted by Gasteiger charge is 2.24. The molecule has 90 valence electrons. The van der Waals surface area contributed by atoms with Crippen LogP contribution in [0.1, 0.15) is 25.0 Å². The van der Waals surface area contributed by atoms with Crippen LogP contribution in [-0.4, -0.2) is 11.2 Å². The van der Waals surface area contributed by atoms with Gasteiger partial charge in [0.15, 0.2) is 0 Å². The number of rotatable bonds is 1. The van der Waals surface area contributed by atoms with Gasteiger partial charge in [-0.05, 0) is 25.5 Å². The molecule has 3 rings (SSSR count). The SMILES string of the molecule is CC1=C(c2ccc3c(c2)NNC3)NC(C)N1N. The normalized spacial score (nSPS) is 22.5. The number of hydrogen-bond donors (Lipinski definition) is 4. The fourth-order valence-electron chi connectivity index (χ4n) is 2.33. The lowest BCUT2D eigenvalue weighted by Crippen LogP contribution is -2.39. The standard InChI is InChI=1S/C12H17N5/c1-7-12(15-8(2)17(7)13)9-3-4-10-6-14-16-11(10)5-9/h3-5,8,14-16H,6,13H2,1-2H3. The van der Waals surface area contributed by atoms with Crippen molar-refractivity contribution in [2.45, 2.75) is 26.6 Å². The molecule has 2 aliphatic rings. The van der Waals surface area contributed by atoms with Crippen LogP contribution in [0.4, 0.5) is 5.69 Å². The maximum atomic E-state index is 5.95. The average Bonchev–Trinajstić information content (AvgIpc) is 2.89. The van der Waals surface area contributed by atoms with E-state index in [2.05, 4.69) is 34.4 Å². The minimum absolute atomic E-state index is 0.143. The first-order valence-electron chi connectivity index (χ1n) is 5.80. The molecule has 17 heavy (non-hydrogen) atoms. The van der Waals surface area contributed by atoms with Crippen LogP contribution in [0.25, 0.3) is 5.70 Å². The van der Waals surface area contributed by atoms with Gasteiger partial charge in [-0.25, -0.2) is 11.3 Å². The van der Waals surface area contributed by atoms with Crippen molar-refractivity contribution in [2.24, 2.45) is 5.84 Å². The molecule has 0 spiro atoms. The number of nitrogens with one attached hydrogen (secondary N) is 3. The Morgan fingerprint density at radius 1 is 1.41 bits per heavy atom. The van der Waals surface area contributed by atoms with Gasteiger partial charge in [-0.3, -0.25) is 5.01 Å². The second kappa shape index (κ2) is 3.65. The Kier molecular flexibility index (Phi) is 2.24. The van der Waals surface area contributed by atoms with Crippen LogP contribution < -0.4 is 22.0 Å². The van der Waals surface area contributed by atoms with Gasteiger partial charge in [-0.15, -0.1) is 0 Å². The zero-order valence-corrected chi connectivity index (χ0v) is 10.0. The molecule has 0 bridgehead atoms. The van der Waals surface area contributed by atoms with Crippen LogP contribution >= 0.6 is 0 Å². The number of hydrazine groups is 2. The van der Waals surface area contributed by atoms with Crippen molar-refractivity contribution in [2.75, 3.05) is 5.43 Å². The Bertz CT molecular complexity index is 494. The summed E-state index contributed by atoms with van der Waals surface area (Å²) in [6, 6.07) is 6.42. The lowest BCUT2D eigenvalue weighted by atomic mass is 10.1. The molecule has 2 aliphatic heterocycles. The number of hydrogen-bond acceptors (Lipinski definition) is 5. The van der Waals surface area contributed by atoms with Crippen LogP contribution in [0.5, 0.6) is 0 Å². The summed E-state index contributed by atoms with van der Waals surface area (Å²) < 4.78 is 0. The summed E-state index contributed by atoms with van der Waals surface area (Å²) in [5.74, 6) is 5.95. The molecule has 0 aromatic heterocycles. The number of benzene rings is 1. The van der Waals surface area contributed by atoms with Crippen molar-refractivity contribution in [1.29, 1.82) is 0 Å². The van der Waals surface area contributed by atoms with Gasteiger partial charge in [-0.2, -0.15) is 0 Å². The maximum absolute atomic E-state index is 5.95. The van der Waals surface area contributed by atoms with Crippen molar-refractivity contribution in [3.8, 4) is 0 Å². The predicted octanol–water partition coefficient (Wildman–Crippen LogP) is 0.930. The van der Waals surface area contributed by atoms with Gasteiger partial charge in [0.2, 0.25) is 0 Å². The monoisotopic (exact) mass is 231 g/mol. The number of fused-ring (bicyclic) bond motifs is 1. The summed E-state index contributed by atoms with van der Waals surface area (Å²) >= 11 is 0. The molecule has 1 atom stereocenters. The van der Waals surface area contributed by atoms with Gasteiger partial charge in [0.05, 0.1) is 17.1 Å². The van der Waals surface area contributed by atoms with E-state index >= 15 is 0 Å². The van der Waals surface area contributed by atoms with Crippen molar-refractivity contribution < 1.29 is 0 Å². The zero-order valence-electron chi connectivity index (χ0n) is 10.0. The van der Waals surface area contributed by atoms with E-state index in [-0.39, 0.29) is 6.17 Å². The number of nitrogens with two attached hydrogens (primary N) is 1. The smallest absolute Gasteiger partial charge is 0.111 e. The third-order valence-corrected chi connectivity index (χ3v) is 3.42. The molecule has 5 heteroatoms. The molecule has 2 heterocycles. The fourth-order valence-corrected chi connectivity index (χ4v) is 2.33. The minimum Gasteiger partial charge on any atom is -0.362 e. The first-order chi connectivity index (χ1) is 8.16. The molecule has 0 amide bonds. The number of anilines is 1. The van der Waals surface area contributed by atoms with Crippen molar-refractivity contribution in [3.05, 3.63) is 35.0 Å². The highest BCUT2D eigenvalue weighted by Crippen LogP contribution is 2.29. The Labute approximate surface area is 101 Å². The quantitative estimate of drug-likeness (QED) is 0.542. The molecule has 1 aromatic carbocycles. The van der Waals surface area contributed by atoms with Crippen LogP contribution in [0.3, 0.4) is 0 Å². The summed E-state index contributed by atoms with van der Waals surface area (Å²) in [4.78, 5) is 0. The summed E-state index contributed by atoms with van der Waals surface area (Å²) in [7, 11) is 0. The summed E-state index contributed by atoms with van der Waals surface area (Å²) in [6.07, 6.45) is 0.143. The van der Waals surface area contributed by atoms with E-state index in [1.165, 1.54) is 5.56 Å². The first-order valence-corrected chi connectivity index (χ1v) is 5.80. The third kappa shape index (κ3) is 1.55. The van der Waals surface area contributed by atoms with E-state index in [0.717, 1.165) is 29.2 Å². The highest BCUT2D eigenvalue weighted by molar-refractivity contribution is 5.72. The molecule has 5 N–H and O–H groups in total. The van der Waals surface area contributed by atoms with Gasteiger partial charge < -0.3 is 10.7 Å². The van der Waals surface area contributed by atoms with Crippen LogP contribution in [-0.2, 0) is 6.54 Å². The molecule has 0 saturated carbocycles. The van der Waals surface area contributed by atoms with E-state index in [1.54, 1.807) is 5.01 Å². The molecule has 1 unspecified atom stereocenters. The fraction of sp³-hybridized carbons (Fsp3) is 0.333. The van der Waals surface area contributed by atoms with E-state index < -0.39 is 0 Å². The lowest BCUT2D eigenvalue weighted by molar-refractivity contribution is 0.287. The molecular weight excluding hydrogens is 214 g/mol. The van der Waals surface area contributed by atoms with E-state index in [9.17, 15) is 0 Å². The van der Waals surface area contributed by atoms with Gasteiger partial charge in [0.1, 0.15) is 6.17 Å². The topological polar surface area (TPSA) is 65.3 Å². The van der Waals surface area contributed by atoms with Crippen molar-refractivity contribution in [3.63, 3.8) is 0 Å². The maximum Gasteiger partial charge on any atom is 0.111 e. The third-order valence-electron chi connectivity index (χ3n) is 3.42. The van der Waals surface area contributed by atoms with Crippen LogP contribution in [0, 0.1) is 0 Å². The van der Waals surface area contributed by atoms with Gasteiger partial charge >= 0.3 is 0 Å². The predicted molar refractivity (Wildman–Crippen MR) is 68.1 cm³/mol. The first kappa shape index (κ1) is 10.4. The largest absolute Gasteiger partial charge is 0.362 e. The average molecular weight is 231 g/mol. The molecule has 0 aliphatic carbocycles. The minimum atomic E-state index is 0.143. The number of nitrogens with zero attached hydrogens (tertiary/aromatic N) is 1. The molecule has 0 fully saturated rings. The van der Waals surface area contributed by atoms with Crippen molar-refractivity contribution >= 4 is 11.4 Å². The summed E-state index contributed by atoms with van der Waals surface area (Å²) in [5, 5.41) is 5.15. The highest BCUT2D eigenvalue weighted by atomic mass is 15.5.